The van der Waals surface area contributed by atoms with Crippen LogP contribution in [0.5, 0.6) is 0 Å². The van der Waals surface area contributed by atoms with Gasteiger partial charge in [-0.2, -0.15) is 0 Å². The van der Waals surface area contributed by atoms with Gasteiger partial charge in [0.1, 0.15) is 20.3 Å². The average molecular weight is 218 g/mol. The van der Waals surface area contributed by atoms with Gasteiger partial charge in [0.15, 0.2) is 6.21 Å². The van der Waals surface area contributed by atoms with Crippen molar-refractivity contribution in [1.82, 2.24) is 0 Å². The number of hydrogen-bond donors (Lipinski definition) is 0. The third-order valence-corrected chi connectivity index (χ3v) is 2.03. The summed E-state index contributed by atoms with van der Waals surface area (Å²) in [6.45, 7) is 0. The van der Waals surface area contributed by atoms with E-state index in [9.17, 15) is 0 Å². The van der Waals surface area contributed by atoms with Gasteiger partial charge >= 0.3 is 0 Å². The zero-order chi connectivity index (χ0) is 12.2. The number of allylic oxidation sites excluding steroid dienone is 1. The largest absolute Gasteiger partial charge is 0.304 e. The second-order valence-electron chi connectivity index (χ2n) is 5.16. The van der Waals surface area contributed by atoms with Crippen molar-refractivity contribution in [2.75, 3.05) is 35.2 Å². The Morgan fingerprint density at radius 3 is 2.06 bits per heavy atom. The highest BCUT2D eigenvalue weighted by Crippen LogP contribution is 2.13. The molecule has 86 valence electrons. The Balaban J connectivity index is 3.18. The van der Waals surface area contributed by atoms with E-state index in [1.807, 2.05) is 20.2 Å². The summed E-state index contributed by atoms with van der Waals surface area (Å²) in [7, 11) is 10.6. The fourth-order valence-corrected chi connectivity index (χ4v) is 1.51. The second-order valence-corrected chi connectivity index (χ2v) is 5.16. The van der Waals surface area contributed by atoms with E-state index in [0.29, 0.717) is 0 Å². The van der Waals surface area contributed by atoms with E-state index in [1.165, 1.54) is 11.1 Å². The van der Waals surface area contributed by atoms with Crippen molar-refractivity contribution < 1.29 is 9.06 Å². The smallest absolute Gasteiger partial charge is 0.176 e. The van der Waals surface area contributed by atoms with Crippen LogP contribution in [0.15, 0.2) is 36.5 Å². The molecule has 0 unspecified atom stereocenters. The molecule has 0 spiro atoms. The van der Waals surface area contributed by atoms with Crippen LogP contribution in [0.4, 0.5) is 0 Å². The highest BCUT2D eigenvalue weighted by atomic mass is 15.3. The number of quaternary nitrogens is 1. The molecule has 1 rings (SSSR count). The van der Waals surface area contributed by atoms with Crippen LogP contribution < -0.4 is 0 Å². The summed E-state index contributed by atoms with van der Waals surface area (Å²) in [5.41, 5.74) is 2.50. The quantitative estimate of drug-likeness (QED) is 0.415. The molecule has 0 aliphatic heterocycles. The predicted molar refractivity (Wildman–Crippen MR) is 70.6 cm³/mol. The fraction of sp³-hybridized carbons (Fsp3) is 0.357. The van der Waals surface area contributed by atoms with E-state index in [2.05, 4.69) is 62.4 Å². The Morgan fingerprint density at radius 2 is 1.62 bits per heavy atom. The summed E-state index contributed by atoms with van der Waals surface area (Å²) in [5, 5.41) is 0. The molecule has 0 N–H and O–H groups in total. The van der Waals surface area contributed by atoms with Gasteiger partial charge in [-0.25, -0.2) is 4.58 Å². The van der Waals surface area contributed by atoms with Gasteiger partial charge in [0, 0.05) is 0 Å². The number of rotatable bonds is 3. The normalized spacial score (nSPS) is 12.4. The van der Waals surface area contributed by atoms with Crippen LogP contribution >= 0.6 is 0 Å². The summed E-state index contributed by atoms with van der Waals surface area (Å²) < 4.78 is 2.89. The SMILES string of the molecule is C[N+](C)=C/C(=C/[N+](C)(C)C)c1ccccc1. The number of benzene rings is 1. The Kier molecular flexibility index (Phi) is 4.02. The lowest BCUT2D eigenvalue weighted by atomic mass is 10.1. The van der Waals surface area contributed by atoms with Gasteiger partial charge < -0.3 is 4.48 Å². The van der Waals surface area contributed by atoms with Crippen LogP contribution in [0, 0.1) is 0 Å². The number of hydrogen-bond acceptors (Lipinski definition) is 0. The fourth-order valence-electron chi connectivity index (χ4n) is 1.51. The first kappa shape index (κ1) is 12.7. The lowest BCUT2D eigenvalue weighted by molar-refractivity contribution is -0.816. The maximum Gasteiger partial charge on any atom is 0.176 e. The van der Waals surface area contributed by atoms with E-state index in [0.717, 1.165) is 4.48 Å². The van der Waals surface area contributed by atoms with Crippen LogP contribution in [-0.4, -0.2) is 50.5 Å². The van der Waals surface area contributed by atoms with Crippen molar-refractivity contribution in [3.05, 3.63) is 42.1 Å². The van der Waals surface area contributed by atoms with Crippen molar-refractivity contribution >= 4 is 11.8 Å². The molecule has 0 heterocycles. The summed E-state index contributed by atoms with van der Waals surface area (Å²) in [6, 6.07) is 10.5. The van der Waals surface area contributed by atoms with Crippen molar-refractivity contribution in [2.45, 2.75) is 0 Å². The van der Waals surface area contributed by atoms with Crippen molar-refractivity contribution in [2.24, 2.45) is 0 Å². The van der Waals surface area contributed by atoms with E-state index in [1.54, 1.807) is 0 Å². The van der Waals surface area contributed by atoms with E-state index in [4.69, 9.17) is 0 Å². The molecule has 0 atom stereocenters. The summed E-state index contributed by atoms with van der Waals surface area (Å²) >= 11 is 0. The van der Waals surface area contributed by atoms with Crippen molar-refractivity contribution in [3.8, 4) is 0 Å². The Hall–Kier alpha value is -1.41. The molecule has 2 heteroatoms. The van der Waals surface area contributed by atoms with Gasteiger partial charge in [-0.3, -0.25) is 0 Å². The van der Waals surface area contributed by atoms with Gasteiger partial charge in [0.25, 0.3) is 0 Å². The molecule has 0 aliphatic carbocycles. The lowest BCUT2D eigenvalue weighted by Crippen LogP contribution is -2.27. The van der Waals surface area contributed by atoms with E-state index >= 15 is 0 Å². The summed E-state index contributed by atoms with van der Waals surface area (Å²) in [5.74, 6) is 0. The molecule has 0 aliphatic rings. The monoisotopic (exact) mass is 218 g/mol. The minimum atomic E-state index is 0.814. The molecule has 0 fully saturated rings. The zero-order valence-electron chi connectivity index (χ0n) is 10.9. The molecule has 0 radical (unpaired) electrons. The van der Waals surface area contributed by atoms with Crippen LogP contribution in [0.3, 0.4) is 0 Å². The van der Waals surface area contributed by atoms with Gasteiger partial charge in [-0.15, -0.1) is 0 Å². The Labute approximate surface area is 98.7 Å². The highest BCUT2D eigenvalue weighted by molar-refractivity contribution is 6.06. The zero-order valence-corrected chi connectivity index (χ0v) is 10.9. The third kappa shape index (κ3) is 4.41. The van der Waals surface area contributed by atoms with Gasteiger partial charge in [0.05, 0.1) is 26.7 Å². The summed E-state index contributed by atoms with van der Waals surface area (Å²) in [4.78, 5) is 0. The molecule has 1 aromatic rings. The maximum atomic E-state index is 2.25. The molecule has 0 saturated heterocycles. The minimum Gasteiger partial charge on any atom is -0.304 e. The highest BCUT2D eigenvalue weighted by Gasteiger charge is 2.10. The van der Waals surface area contributed by atoms with Crippen LogP contribution in [0.25, 0.3) is 5.57 Å². The Bertz CT molecular complexity index is 390. The molecule has 0 aromatic heterocycles. The average Bonchev–Trinajstić information content (AvgIpc) is 2.15. The number of nitrogens with zero attached hydrogens (tertiary/aromatic N) is 2. The first-order chi connectivity index (χ1) is 7.38. The lowest BCUT2D eigenvalue weighted by Gasteiger charge is -2.18. The van der Waals surface area contributed by atoms with E-state index < -0.39 is 0 Å². The molecule has 0 saturated carbocycles. The van der Waals surface area contributed by atoms with Crippen LogP contribution in [0.2, 0.25) is 0 Å². The molecule has 2 nitrogen and oxygen atoms in total. The van der Waals surface area contributed by atoms with Crippen molar-refractivity contribution in [1.29, 1.82) is 0 Å². The predicted octanol–water partition coefficient (Wildman–Crippen LogP) is 2.08. The molecule has 1 aromatic carbocycles. The van der Waals surface area contributed by atoms with Crippen LogP contribution in [-0.2, 0) is 0 Å². The van der Waals surface area contributed by atoms with Gasteiger partial charge in [0.2, 0.25) is 0 Å². The van der Waals surface area contributed by atoms with Gasteiger partial charge in [-0.05, 0) is 5.56 Å². The molecular formula is C14H22N2+2. The molecular weight excluding hydrogens is 196 g/mol. The first-order valence-electron chi connectivity index (χ1n) is 5.49. The summed E-state index contributed by atoms with van der Waals surface area (Å²) in [6.07, 6.45) is 4.40. The third-order valence-electron chi connectivity index (χ3n) is 2.03. The first-order valence-corrected chi connectivity index (χ1v) is 5.49. The van der Waals surface area contributed by atoms with E-state index in [-0.39, 0.29) is 0 Å². The molecule has 16 heavy (non-hydrogen) atoms. The molecule has 0 bridgehead atoms. The second kappa shape index (κ2) is 5.08. The van der Waals surface area contributed by atoms with Gasteiger partial charge in [-0.1, -0.05) is 30.3 Å². The standard InChI is InChI=1S/C14H22N2/c1-15(2)11-14(12-16(3,4)5)13-9-7-6-8-10-13/h6-12H,1-5H3/q+2/b14-12-. The van der Waals surface area contributed by atoms with Crippen molar-refractivity contribution in [3.63, 3.8) is 0 Å². The minimum absolute atomic E-state index is 0.814. The van der Waals surface area contributed by atoms with Crippen LogP contribution in [0.1, 0.15) is 5.56 Å². The maximum absolute atomic E-state index is 2.25. The topological polar surface area (TPSA) is 3.01 Å². The Morgan fingerprint density at radius 1 is 1.06 bits per heavy atom. The molecule has 0 amide bonds.